The maximum atomic E-state index is 5.90. The molecule has 0 bridgehead atoms. The lowest BCUT2D eigenvalue weighted by molar-refractivity contribution is 0.240. The average Bonchev–Trinajstić information content (AvgIpc) is 2.65. The van der Waals surface area contributed by atoms with Crippen molar-refractivity contribution in [3.63, 3.8) is 0 Å². The molecular weight excluding hydrogens is 256 g/mol. The predicted octanol–water partition coefficient (Wildman–Crippen LogP) is 3.02. The zero-order valence-electron chi connectivity index (χ0n) is 12.5. The highest BCUT2D eigenvalue weighted by atomic mass is 32.2. The van der Waals surface area contributed by atoms with E-state index >= 15 is 0 Å². The van der Waals surface area contributed by atoms with Gasteiger partial charge in [-0.25, -0.2) is 0 Å². The number of hydrogen-bond acceptors (Lipinski definition) is 4. The molecule has 2 rings (SSSR count). The van der Waals surface area contributed by atoms with E-state index in [4.69, 9.17) is 4.42 Å². The van der Waals surface area contributed by atoms with Gasteiger partial charge in [0.2, 0.25) is 0 Å². The second-order valence-electron chi connectivity index (χ2n) is 5.53. The summed E-state index contributed by atoms with van der Waals surface area (Å²) < 4.78 is 5.90. The van der Waals surface area contributed by atoms with Crippen molar-refractivity contribution >= 4 is 11.8 Å². The molecule has 1 aromatic rings. The lowest BCUT2D eigenvalue weighted by Gasteiger charge is -2.33. The van der Waals surface area contributed by atoms with Crippen molar-refractivity contribution in [3.8, 4) is 0 Å². The molecule has 1 aliphatic rings. The molecule has 1 fully saturated rings. The van der Waals surface area contributed by atoms with Crippen LogP contribution in [0.1, 0.15) is 37.9 Å². The predicted molar refractivity (Wildman–Crippen MR) is 82.6 cm³/mol. The first-order valence-electron chi connectivity index (χ1n) is 7.25. The Bertz CT molecular complexity index is 395. The van der Waals surface area contributed by atoms with Crippen LogP contribution in [0.15, 0.2) is 10.5 Å². The largest absolute Gasteiger partial charge is 0.465 e. The van der Waals surface area contributed by atoms with Crippen LogP contribution >= 0.6 is 11.8 Å². The van der Waals surface area contributed by atoms with Crippen molar-refractivity contribution in [2.75, 3.05) is 19.6 Å². The Kier molecular flexibility index (Phi) is 5.37. The summed E-state index contributed by atoms with van der Waals surface area (Å²) >= 11 is 2.09. The molecular formula is C15H26N2OS. The van der Waals surface area contributed by atoms with Crippen LogP contribution < -0.4 is 5.32 Å². The van der Waals surface area contributed by atoms with Gasteiger partial charge in [0.05, 0.1) is 6.54 Å². The average molecular weight is 282 g/mol. The first-order valence-corrected chi connectivity index (χ1v) is 8.19. The molecule has 1 N–H and O–H groups in total. The molecule has 1 aromatic heterocycles. The van der Waals surface area contributed by atoms with Gasteiger partial charge in [0.15, 0.2) is 0 Å². The number of nitrogens with zero attached hydrogens (tertiary/aromatic N) is 1. The Hall–Kier alpha value is -0.450. The fourth-order valence-corrected chi connectivity index (χ4v) is 4.12. The summed E-state index contributed by atoms with van der Waals surface area (Å²) in [5.74, 6) is 2.17. The van der Waals surface area contributed by atoms with Gasteiger partial charge < -0.3 is 9.73 Å². The van der Waals surface area contributed by atoms with Crippen LogP contribution in [0.5, 0.6) is 0 Å². The molecule has 108 valence electrons. The summed E-state index contributed by atoms with van der Waals surface area (Å²) in [7, 11) is 0. The molecule has 1 aliphatic heterocycles. The summed E-state index contributed by atoms with van der Waals surface area (Å²) in [5, 5.41) is 4.81. The Morgan fingerprint density at radius 3 is 2.68 bits per heavy atom. The van der Waals surface area contributed by atoms with Crippen molar-refractivity contribution in [2.45, 2.75) is 51.3 Å². The van der Waals surface area contributed by atoms with Gasteiger partial charge in [0, 0.05) is 35.7 Å². The van der Waals surface area contributed by atoms with Crippen LogP contribution in [-0.4, -0.2) is 35.0 Å². The number of furan rings is 1. The summed E-state index contributed by atoms with van der Waals surface area (Å²) in [6, 6.07) is 2.22. The van der Waals surface area contributed by atoms with Crippen LogP contribution in [0.25, 0.3) is 0 Å². The second kappa shape index (κ2) is 6.82. The van der Waals surface area contributed by atoms with Crippen molar-refractivity contribution in [2.24, 2.45) is 0 Å². The summed E-state index contributed by atoms with van der Waals surface area (Å²) in [5.41, 5.74) is 1.30. The smallest absolute Gasteiger partial charge is 0.118 e. The van der Waals surface area contributed by atoms with Crippen molar-refractivity contribution < 1.29 is 4.42 Å². The lowest BCUT2D eigenvalue weighted by atomic mass is 10.2. The van der Waals surface area contributed by atoms with Gasteiger partial charge in [-0.2, -0.15) is 11.8 Å². The number of rotatable bonds is 5. The molecule has 2 unspecified atom stereocenters. The Morgan fingerprint density at radius 2 is 2.05 bits per heavy atom. The van der Waals surface area contributed by atoms with Gasteiger partial charge in [0.1, 0.15) is 11.5 Å². The molecule has 1 saturated heterocycles. The Labute approximate surface area is 121 Å². The van der Waals surface area contributed by atoms with E-state index in [9.17, 15) is 0 Å². The third kappa shape index (κ3) is 4.26. The van der Waals surface area contributed by atoms with E-state index in [2.05, 4.69) is 55.7 Å². The quantitative estimate of drug-likeness (QED) is 0.898. The zero-order valence-corrected chi connectivity index (χ0v) is 13.3. The van der Waals surface area contributed by atoms with Crippen LogP contribution in [0.4, 0.5) is 0 Å². The minimum Gasteiger partial charge on any atom is -0.465 e. The van der Waals surface area contributed by atoms with E-state index in [1.807, 2.05) is 0 Å². The Balaban J connectivity index is 1.95. The number of aryl methyl sites for hydroxylation is 1. The van der Waals surface area contributed by atoms with Gasteiger partial charge in [0.25, 0.3) is 0 Å². The number of nitrogens with one attached hydrogen (secondary N) is 1. The van der Waals surface area contributed by atoms with Crippen LogP contribution in [0, 0.1) is 6.92 Å². The molecule has 0 amide bonds. The fourth-order valence-electron chi connectivity index (χ4n) is 2.73. The second-order valence-corrected chi connectivity index (χ2v) is 7.41. The van der Waals surface area contributed by atoms with Crippen molar-refractivity contribution in [1.82, 2.24) is 10.2 Å². The molecule has 0 aliphatic carbocycles. The van der Waals surface area contributed by atoms with E-state index in [1.165, 1.54) is 5.56 Å². The summed E-state index contributed by atoms with van der Waals surface area (Å²) in [4.78, 5) is 2.52. The van der Waals surface area contributed by atoms with Gasteiger partial charge in [-0.1, -0.05) is 20.8 Å². The SMILES string of the molecule is CCNCc1cc(CN2CC(C)SC(C)C2)oc1C. The van der Waals surface area contributed by atoms with Crippen LogP contribution in [0.2, 0.25) is 0 Å². The standard InChI is InChI=1S/C15H26N2OS/c1-5-16-7-14-6-15(18-13(14)4)10-17-8-11(2)19-12(3)9-17/h6,11-12,16H,5,7-10H2,1-4H3. The number of thioether (sulfide) groups is 1. The normalized spacial score (nSPS) is 24.8. The molecule has 2 heterocycles. The Morgan fingerprint density at radius 1 is 1.37 bits per heavy atom. The van der Waals surface area contributed by atoms with Gasteiger partial charge in [-0.15, -0.1) is 0 Å². The lowest BCUT2D eigenvalue weighted by Crippen LogP contribution is -2.39. The monoisotopic (exact) mass is 282 g/mol. The molecule has 3 nitrogen and oxygen atoms in total. The van der Waals surface area contributed by atoms with Gasteiger partial charge >= 0.3 is 0 Å². The molecule has 4 heteroatoms. The third-order valence-corrected chi connectivity index (χ3v) is 4.74. The topological polar surface area (TPSA) is 28.4 Å². The molecule has 0 aromatic carbocycles. The molecule has 0 radical (unpaired) electrons. The van der Waals surface area contributed by atoms with Crippen molar-refractivity contribution in [1.29, 1.82) is 0 Å². The first-order chi connectivity index (χ1) is 9.08. The highest BCUT2D eigenvalue weighted by molar-refractivity contribution is 8.00. The zero-order chi connectivity index (χ0) is 13.8. The van der Waals surface area contributed by atoms with E-state index < -0.39 is 0 Å². The highest BCUT2D eigenvalue weighted by Crippen LogP contribution is 2.26. The van der Waals surface area contributed by atoms with E-state index in [1.54, 1.807) is 0 Å². The summed E-state index contributed by atoms with van der Waals surface area (Å²) in [6.07, 6.45) is 0. The third-order valence-electron chi connectivity index (χ3n) is 3.51. The van der Waals surface area contributed by atoms with Crippen LogP contribution in [0.3, 0.4) is 0 Å². The molecule has 2 atom stereocenters. The maximum absolute atomic E-state index is 5.90. The highest BCUT2D eigenvalue weighted by Gasteiger charge is 2.23. The fraction of sp³-hybridized carbons (Fsp3) is 0.733. The maximum Gasteiger partial charge on any atom is 0.118 e. The minimum atomic E-state index is 0.723. The first kappa shape index (κ1) is 14.9. The van der Waals surface area contributed by atoms with E-state index in [-0.39, 0.29) is 0 Å². The van der Waals surface area contributed by atoms with Gasteiger partial charge in [-0.05, 0) is 19.5 Å². The van der Waals surface area contributed by atoms with Crippen LogP contribution in [-0.2, 0) is 13.1 Å². The molecule has 0 spiro atoms. The van der Waals surface area contributed by atoms with Crippen molar-refractivity contribution in [3.05, 3.63) is 23.2 Å². The van der Waals surface area contributed by atoms with E-state index in [0.29, 0.717) is 0 Å². The molecule has 0 saturated carbocycles. The number of hydrogen-bond donors (Lipinski definition) is 1. The minimum absolute atomic E-state index is 0.723. The van der Waals surface area contributed by atoms with Gasteiger partial charge in [-0.3, -0.25) is 4.90 Å². The van der Waals surface area contributed by atoms with E-state index in [0.717, 1.165) is 54.7 Å². The molecule has 19 heavy (non-hydrogen) atoms. The summed E-state index contributed by atoms with van der Waals surface area (Å²) in [6.45, 7) is 14.0.